The molecule has 1 N–H and O–H groups in total. The van der Waals surface area contributed by atoms with Crippen LogP contribution in [0.1, 0.15) is 16.5 Å². The van der Waals surface area contributed by atoms with Crippen LogP contribution in [0.25, 0.3) is 0 Å². The Morgan fingerprint density at radius 2 is 1.78 bits per heavy atom. The molecule has 0 bridgehead atoms. The predicted octanol–water partition coefficient (Wildman–Crippen LogP) is 3.37. The zero-order valence-corrected chi connectivity index (χ0v) is 18.1. The highest BCUT2D eigenvalue weighted by Gasteiger charge is 2.51. The zero-order chi connectivity index (χ0) is 22.5. The highest BCUT2D eigenvalue weighted by Crippen LogP contribution is 2.38. The third-order valence-corrected chi connectivity index (χ3v) is 7.62. The number of halogens is 1. The van der Waals surface area contributed by atoms with Gasteiger partial charge in [-0.2, -0.15) is 8.42 Å². The van der Waals surface area contributed by atoms with Gasteiger partial charge < -0.3 is 10.2 Å². The molecule has 1 amide bonds. The summed E-state index contributed by atoms with van der Waals surface area (Å²) >= 11 is 1.43. The minimum Gasteiger partial charge on any atom is -0.341 e. The number of sulfonamides is 1. The molecule has 1 fully saturated rings. The summed E-state index contributed by atoms with van der Waals surface area (Å²) in [5.74, 6) is -3.17. The van der Waals surface area contributed by atoms with Crippen LogP contribution in [0.15, 0.2) is 75.3 Å². The minimum absolute atomic E-state index is 0.0211. The molecule has 0 spiro atoms. The largest absolute Gasteiger partial charge is 0.341 e. The monoisotopic (exact) mass is 469 g/mol. The summed E-state index contributed by atoms with van der Waals surface area (Å²) in [6.07, 6.45) is 0. The number of carbonyl (C=O) groups excluding carboxylic acids is 2. The average molecular weight is 470 g/mol. The van der Waals surface area contributed by atoms with Crippen LogP contribution in [0.5, 0.6) is 0 Å². The standard InChI is InChI=1S/C22H16FN3O4S2/c23-14-9-7-13(8-10-14)19-20(27)18(22(28)26(19)12-15-4-3-11-31-15)21-24-16-5-1-2-6-17(16)32(29,30)25-21/h1-11,18-19H,12H2,(H,24,25)/t18?,19-/m0/s1. The number of carbonyl (C=O) groups is 2. The number of rotatable bonds is 4. The molecule has 5 rings (SSSR count). The number of nitrogens with one attached hydrogen (secondary N) is 1. The number of benzene rings is 2. The lowest BCUT2D eigenvalue weighted by atomic mass is 9.97. The summed E-state index contributed by atoms with van der Waals surface area (Å²) in [6, 6.07) is 14.2. The molecule has 3 heterocycles. The van der Waals surface area contributed by atoms with Gasteiger partial charge in [-0.05, 0) is 41.3 Å². The number of likely N-dealkylation sites (tertiary alicyclic amines) is 1. The molecular weight excluding hydrogens is 453 g/mol. The van der Waals surface area contributed by atoms with Crippen molar-refractivity contribution in [2.45, 2.75) is 17.5 Å². The van der Waals surface area contributed by atoms with Crippen molar-refractivity contribution in [3.8, 4) is 0 Å². The molecule has 1 unspecified atom stereocenters. The second-order valence-corrected chi connectivity index (χ2v) is 10.0. The van der Waals surface area contributed by atoms with Gasteiger partial charge in [0.25, 0.3) is 10.0 Å². The number of para-hydroxylation sites is 1. The lowest BCUT2D eigenvalue weighted by molar-refractivity contribution is -0.131. The maximum atomic E-state index is 13.5. The number of anilines is 1. The molecule has 1 aromatic heterocycles. The summed E-state index contributed by atoms with van der Waals surface area (Å²) in [7, 11) is -4.08. The van der Waals surface area contributed by atoms with E-state index in [0.717, 1.165) is 4.88 Å². The number of amidine groups is 1. The third-order valence-electron chi connectivity index (χ3n) is 5.41. The molecule has 2 aliphatic heterocycles. The highest BCUT2D eigenvalue weighted by molar-refractivity contribution is 7.90. The van der Waals surface area contributed by atoms with Crippen LogP contribution >= 0.6 is 11.3 Å². The van der Waals surface area contributed by atoms with E-state index in [1.54, 1.807) is 18.2 Å². The van der Waals surface area contributed by atoms with Crippen LogP contribution < -0.4 is 5.32 Å². The van der Waals surface area contributed by atoms with E-state index >= 15 is 0 Å². The van der Waals surface area contributed by atoms with E-state index in [2.05, 4.69) is 9.71 Å². The summed E-state index contributed by atoms with van der Waals surface area (Å²) in [4.78, 5) is 29.2. The van der Waals surface area contributed by atoms with Crippen LogP contribution in [-0.4, -0.2) is 30.8 Å². The summed E-state index contributed by atoms with van der Waals surface area (Å²) < 4.78 is 42.6. The minimum atomic E-state index is -4.08. The van der Waals surface area contributed by atoms with Gasteiger partial charge in [0, 0.05) is 4.88 Å². The number of fused-ring (bicyclic) bond motifs is 1. The van der Waals surface area contributed by atoms with Gasteiger partial charge >= 0.3 is 0 Å². The molecule has 3 aromatic rings. The lowest BCUT2D eigenvalue weighted by Gasteiger charge is -2.23. The molecule has 162 valence electrons. The van der Waals surface area contributed by atoms with Crippen molar-refractivity contribution in [1.82, 2.24) is 4.90 Å². The van der Waals surface area contributed by atoms with Crippen LogP contribution in [0.2, 0.25) is 0 Å². The van der Waals surface area contributed by atoms with E-state index in [4.69, 9.17) is 0 Å². The smallest absolute Gasteiger partial charge is 0.286 e. The van der Waals surface area contributed by atoms with E-state index in [9.17, 15) is 22.4 Å². The van der Waals surface area contributed by atoms with Crippen molar-refractivity contribution in [2.75, 3.05) is 5.32 Å². The normalized spacial score (nSPS) is 21.8. The number of amides is 1. The van der Waals surface area contributed by atoms with Crippen LogP contribution in [0.3, 0.4) is 0 Å². The lowest BCUT2D eigenvalue weighted by Crippen LogP contribution is -2.36. The highest BCUT2D eigenvalue weighted by atomic mass is 32.2. The van der Waals surface area contributed by atoms with Gasteiger partial charge in [-0.3, -0.25) is 9.59 Å². The Bertz CT molecular complexity index is 1350. The Balaban J connectivity index is 1.58. The van der Waals surface area contributed by atoms with Gasteiger partial charge in [-0.15, -0.1) is 15.7 Å². The van der Waals surface area contributed by atoms with Gasteiger partial charge in [0.05, 0.1) is 12.2 Å². The van der Waals surface area contributed by atoms with Crippen LogP contribution in [0.4, 0.5) is 10.1 Å². The number of Topliss-reactive ketones (excluding diaryl/α,β-unsaturated/α-hetero) is 1. The van der Waals surface area contributed by atoms with Gasteiger partial charge in [0.15, 0.2) is 11.7 Å². The first-order chi connectivity index (χ1) is 15.3. The fourth-order valence-corrected chi connectivity index (χ4v) is 5.82. The summed E-state index contributed by atoms with van der Waals surface area (Å²) in [5, 5.41) is 4.72. The molecule has 0 radical (unpaired) electrons. The third kappa shape index (κ3) is 3.41. The van der Waals surface area contributed by atoms with E-state index < -0.39 is 39.5 Å². The quantitative estimate of drug-likeness (QED) is 0.591. The van der Waals surface area contributed by atoms with E-state index in [1.807, 2.05) is 17.5 Å². The van der Waals surface area contributed by atoms with Gasteiger partial charge in [0.1, 0.15) is 22.6 Å². The fourth-order valence-electron chi connectivity index (χ4n) is 3.97. The van der Waals surface area contributed by atoms with E-state index in [-0.39, 0.29) is 23.0 Å². The molecule has 1 saturated heterocycles. The first kappa shape index (κ1) is 20.5. The Labute approximate surface area is 187 Å². The maximum Gasteiger partial charge on any atom is 0.286 e. The van der Waals surface area contributed by atoms with Crippen molar-refractivity contribution in [1.29, 1.82) is 0 Å². The fraction of sp³-hybridized carbons (Fsp3) is 0.136. The molecule has 32 heavy (non-hydrogen) atoms. The van der Waals surface area contributed by atoms with Crippen molar-refractivity contribution in [2.24, 2.45) is 10.3 Å². The van der Waals surface area contributed by atoms with Gasteiger partial charge in [-0.25, -0.2) is 4.39 Å². The van der Waals surface area contributed by atoms with Crippen molar-refractivity contribution in [3.05, 3.63) is 82.3 Å². The number of hydrogen-bond donors (Lipinski definition) is 1. The van der Waals surface area contributed by atoms with Crippen LogP contribution in [0, 0.1) is 11.7 Å². The van der Waals surface area contributed by atoms with Crippen molar-refractivity contribution < 1.29 is 22.4 Å². The first-order valence-electron chi connectivity index (χ1n) is 9.68. The van der Waals surface area contributed by atoms with E-state index in [1.165, 1.54) is 46.6 Å². The molecule has 0 aliphatic carbocycles. The Kier molecular flexibility index (Phi) is 4.90. The number of nitrogens with zero attached hydrogens (tertiary/aromatic N) is 2. The molecule has 7 nitrogen and oxygen atoms in total. The predicted molar refractivity (Wildman–Crippen MR) is 117 cm³/mol. The second kappa shape index (κ2) is 7.64. The maximum absolute atomic E-state index is 13.5. The zero-order valence-electron chi connectivity index (χ0n) is 16.4. The topological polar surface area (TPSA) is 95.9 Å². The Morgan fingerprint density at radius 1 is 1.03 bits per heavy atom. The second-order valence-electron chi connectivity index (χ2n) is 7.41. The first-order valence-corrected chi connectivity index (χ1v) is 12.0. The number of thiophene rings is 1. The number of ketones is 1. The number of hydrogen-bond acceptors (Lipinski definition) is 6. The molecule has 2 aliphatic rings. The average Bonchev–Trinajstić information content (AvgIpc) is 3.35. The Hall–Kier alpha value is -3.37. The van der Waals surface area contributed by atoms with E-state index in [0.29, 0.717) is 5.56 Å². The Morgan fingerprint density at radius 3 is 2.50 bits per heavy atom. The molecule has 0 saturated carbocycles. The van der Waals surface area contributed by atoms with Crippen LogP contribution in [-0.2, 0) is 26.2 Å². The molecular formula is C22H16FN3O4S2. The SMILES string of the molecule is O=C1C(C2=NS(=O)(=O)c3ccccc3N2)C(=O)N(Cc2cccs2)[C@H]1c1ccc(F)cc1. The summed E-state index contributed by atoms with van der Waals surface area (Å²) in [6.45, 7) is 0.164. The molecule has 2 atom stereocenters. The molecule has 2 aromatic carbocycles. The van der Waals surface area contributed by atoms with Crippen molar-refractivity contribution >= 4 is 44.6 Å². The van der Waals surface area contributed by atoms with Gasteiger partial charge in [0.2, 0.25) is 5.91 Å². The van der Waals surface area contributed by atoms with Crippen molar-refractivity contribution in [3.63, 3.8) is 0 Å². The molecule has 10 heteroatoms. The van der Waals surface area contributed by atoms with Gasteiger partial charge in [-0.1, -0.05) is 30.3 Å². The summed E-state index contributed by atoms with van der Waals surface area (Å²) in [5.41, 5.74) is 0.705.